The molecule has 1 rings (SSSR count). The number of nitrogens with two attached hydrogens (primary N) is 1. The largest absolute Gasteiger partial charge is 0.323 e. The van der Waals surface area contributed by atoms with E-state index in [1.54, 1.807) is 0 Å². The van der Waals surface area contributed by atoms with Gasteiger partial charge in [0, 0.05) is 12.6 Å². The highest BCUT2D eigenvalue weighted by atomic mass is 15.4. The van der Waals surface area contributed by atoms with Crippen molar-refractivity contribution in [3.05, 3.63) is 11.9 Å². The molecule has 0 bridgehead atoms. The Kier molecular flexibility index (Phi) is 4.07. The van der Waals surface area contributed by atoms with Crippen molar-refractivity contribution < 1.29 is 0 Å². The van der Waals surface area contributed by atoms with E-state index >= 15 is 0 Å². The third-order valence-electron chi connectivity index (χ3n) is 2.62. The highest BCUT2D eigenvalue weighted by Gasteiger charge is 2.08. The zero-order valence-electron chi connectivity index (χ0n) is 9.27. The van der Waals surface area contributed by atoms with E-state index in [0.717, 1.165) is 12.2 Å². The molecule has 0 saturated carbocycles. The van der Waals surface area contributed by atoms with Gasteiger partial charge in [-0.3, -0.25) is 4.68 Å². The molecule has 0 aliphatic carbocycles. The summed E-state index contributed by atoms with van der Waals surface area (Å²) in [7, 11) is 0. The minimum atomic E-state index is -0.0227. The van der Waals surface area contributed by atoms with Gasteiger partial charge < -0.3 is 5.73 Å². The van der Waals surface area contributed by atoms with Crippen LogP contribution in [-0.2, 0) is 6.54 Å². The summed E-state index contributed by atoms with van der Waals surface area (Å²) in [6.07, 6.45) is 4.32. The molecule has 0 fully saturated rings. The third kappa shape index (κ3) is 2.80. The SMILES string of the molecule is CCC(CC)Cn1cc(C(C)N)nn1. The number of hydrogen-bond acceptors (Lipinski definition) is 3. The Morgan fingerprint density at radius 1 is 1.43 bits per heavy atom. The first-order valence-corrected chi connectivity index (χ1v) is 5.33. The fourth-order valence-corrected chi connectivity index (χ4v) is 1.42. The first-order valence-electron chi connectivity index (χ1n) is 5.33. The summed E-state index contributed by atoms with van der Waals surface area (Å²) in [6.45, 7) is 7.29. The van der Waals surface area contributed by atoms with Gasteiger partial charge in [-0.2, -0.15) is 0 Å². The van der Waals surface area contributed by atoms with Crippen LogP contribution in [0.3, 0.4) is 0 Å². The second kappa shape index (κ2) is 5.10. The molecule has 0 aliphatic rings. The van der Waals surface area contributed by atoms with Gasteiger partial charge in [-0.1, -0.05) is 31.9 Å². The Balaban J connectivity index is 2.58. The van der Waals surface area contributed by atoms with Crippen molar-refractivity contribution in [1.82, 2.24) is 15.0 Å². The minimum Gasteiger partial charge on any atom is -0.323 e. The van der Waals surface area contributed by atoms with E-state index in [-0.39, 0.29) is 6.04 Å². The molecule has 0 saturated heterocycles. The average Bonchev–Trinajstić information content (AvgIpc) is 2.62. The molecule has 80 valence electrons. The Hall–Kier alpha value is -0.900. The summed E-state index contributed by atoms with van der Waals surface area (Å²) < 4.78 is 1.90. The minimum absolute atomic E-state index is 0.0227. The second-order valence-electron chi connectivity index (χ2n) is 3.84. The van der Waals surface area contributed by atoms with E-state index < -0.39 is 0 Å². The lowest BCUT2D eigenvalue weighted by molar-refractivity contribution is 0.390. The van der Waals surface area contributed by atoms with E-state index in [4.69, 9.17) is 5.73 Å². The van der Waals surface area contributed by atoms with Crippen LogP contribution in [-0.4, -0.2) is 15.0 Å². The molecule has 1 unspecified atom stereocenters. The van der Waals surface area contributed by atoms with Gasteiger partial charge in [0.1, 0.15) is 0 Å². The molecule has 14 heavy (non-hydrogen) atoms. The fraction of sp³-hybridized carbons (Fsp3) is 0.800. The number of nitrogens with zero attached hydrogens (tertiary/aromatic N) is 3. The summed E-state index contributed by atoms with van der Waals surface area (Å²) in [4.78, 5) is 0. The van der Waals surface area contributed by atoms with E-state index in [0.29, 0.717) is 5.92 Å². The lowest BCUT2D eigenvalue weighted by atomic mass is 10.0. The Labute approximate surface area is 85.5 Å². The normalized spacial score (nSPS) is 13.5. The van der Waals surface area contributed by atoms with Gasteiger partial charge in [-0.05, 0) is 12.8 Å². The molecular weight excluding hydrogens is 176 g/mol. The number of hydrogen-bond donors (Lipinski definition) is 1. The topological polar surface area (TPSA) is 56.7 Å². The molecule has 4 heteroatoms. The molecule has 0 aromatic carbocycles. The zero-order valence-corrected chi connectivity index (χ0v) is 9.27. The molecule has 1 aromatic rings. The third-order valence-corrected chi connectivity index (χ3v) is 2.62. The number of aromatic nitrogens is 3. The standard InChI is InChI=1S/C10H20N4/c1-4-9(5-2)6-14-7-10(8(3)11)12-13-14/h7-9H,4-6,11H2,1-3H3. The maximum Gasteiger partial charge on any atom is 0.0991 e. The first-order chi connectivity index (χ1) is 6.67. The van der Waals surface area contributed by atoms with E-state index in [2.05, 4.69) is 24.2 Å². The van der Waals surface area contributed by atoms with Crippen molar-refractivity contribution in [2.45, 2.75) is 46.2 Å². The smallest absolute Gasteiger partial charge is 0.0991 e. The highest BCUT2D eigenvalue weighted by Crippen LogP contribution is 2.11. The van der Waals surface area contributed by atoms with Crippen LogP contribution in [0.4, 0.5) is 0 Å². The van der Waals surface area contributed by atoms with Crippen LogP contribution in [0, 0.1) is 5.92 Å². The van der Waals surface area contributed by atoms with Crippen LogP contribution in [0.1, 0.15) is 45.3 Å². The van der Waals surface area contributed by atoms with Crippen LogP contribution in [0.15, 0.2) is 6.20 Å². The molecule has 4 nitrogen and oxygen atoms in total. The van der Waals surface area contributed by atoms with Gasteiger partial charge in [0.25, 0.3) is 0 Å². The maximum atomic E-state index is 5.71. The summed E-state index contributed by atoms with van der Waals surface area (Å²) >= 11 is 0. The first kappa shape index (κ1) is 11.2. The van der Waals surface area contributed by atoms with Gasteiger partial charge in [-0.15, -0.1) is 5.10 Å². The monoisotopic (exact) mass is 196 g/mol. The predicted octanol–water partition coefficient (Wildman–Crippen LogP) is 1.73. The van der Waals surface area contributed by atoms with Gasteiger partial charge in [0.05, 0.1) is 11.9 Å². The lowest BCUT2D eigenvalue weighted by Crippen LogP contribution is -2.09. The Bertz CT molecular complexity index is 263. The molecule has 0 aliphatic heterocycles. The summed E-state index contributed by atoms with van der Waals surface area (Å²) in [5.74, 6) is 0.692. The molecule has 1 atom stereocenters. The van der Waals surface area contributed by atoms with Gasteiger partial charge in [0.2, 0.25) is 0 Å². The van der Waals surface area contributed by atoms with E-state index in [9.17, 15) is 0 Å². The van der Waals surface area contributed by atoms with Crippen molar-refractivity contribution in [2.24, 2.45) is 11.7 Å². The Morgan fingerprint density at radius 3 is 2.50 bits per heavy atom. The van der Waals surface area contributed by atoms with Crippen LogP contribution < -0.4 is 5.73 Å². The molecule has 1 aromatic heterocycles. The summed E-state index contributed by atoms with van der Waals surface area (Å²) in [5.41, 5.74) is 6.58. The van der Waals surface area contributed by atoms with Gasteiger partial charge in [0.15, 0.2) is 0 Å². The second-order valence-corrected chi connectivity index (χ2v) is 3.84. The van der Waals surface area contributed by atoms with Crippen LogP contribution >= 0.6 is 0 Å². The molecule has 0 amide bonds. The van der Waals surface area contributed by atoms with Crippen molar-refractivity contribution in [2.75, 3.05) is 0 Å². The summed E-state index contributed by atoms with van der Waals surface area (Å²) in [6, 6.07) is -0.0227. The fourth-order valence-electron chi connectivity index (χ4n) is 1.42. The van der Waals surface area contributed by atoms with Crippen LogP contribution in [0.5, 0.6) is 0 Å². The molecule has 1 heterocycles. The number of rotatable bonds is 5. The van der Waals surface area contributed by atoms with Gasteiger partial charge >= 0.3 is 0 Å². The average molecular weight is 196 g/mol. The molecule has 0 radical (unpaired) electrons. The van der Waals surface area contributed by atoms with E-state index in [1.807, 2.05) is 17.8 Å². The zero-order chi connectivity index (χ0) is 10.6. The van der Waals surface area contributed by atoms with Crippen LogP contribution in [0.25, 0.3) is 0 Å². The molecule has 2 N–H and O–H groups in total. The van der Waals surface area contributed by atoms with Gasteiger partial charge in [-0.25, -0.2) is 0 Å². The Morgan fingerprint density at radius 2 is 2.07 bits per heavy atom. The maximum absolute atomic E-state index is 5.71. The predicted molar refractivity (Wildman–Crippen MR) is 56.7 cm³/mol. The molecule has 0 spiro atoms. The highest BCUT2D eigenvalue weighted by molar-refractivity contribution is 4.97. The van der Waals surface area contributed by atoms with Crippen molar-refractivity contribution in [3.63, 3.8) is 0 Å². The van der Waals surface area contributed by atoms with Crippen molar-refractivity contribution in [1.29, 1.82) is 0 Å². The molecular formula is C10H20N4. The van der Waals surface area contributed by atoms with Crippen LogP contribution in [0.2, 0.25) is 0 Å². The van der Waals surface area contributed by atoms with Crippen molar-refractivity contribution in [3.8, 4) is 0 Å². The quantitative estimate of drug-likeness (QED) is 0.780. The van der Waals surface area contributed by atoms with Crippen molar-refractivity contribution >= 4 is 0 Å². The lowest BCUT2D eigenvalue weighted by Gasteiger charge is -2.10. The van der Waals surface area contributed by atoms with E-state index in [1.165, 1.54) is 12.8 Å². The summed E-state index contributed by atoms with van der Waals surface area (Å²) in [5, 5.41) is 8.09.